The third-order valence-corrected chi connectivity index (χ3v) is 11.4. The Morgan fingerprint density at radius 2 is 0.982 bits per heavy atom. The highest BCUT2D eigenvalue weighted by Gasteiger charge is 2.27. The van der Waals surface area contributed by atoms with Crippen LogP contribution in [0.15, 0.2) is 127 Å². The third-order valence-electron chi connectivity index (χ3n) is 11.4. The molecule has 0 unspecified atom stereocenters. The van der Waals surface area contributed by atoms with Crippen LogP contribution in [0.2, 0.25) is 0 Å². The lowest BCUT2D eigenvalue weighted by molar-refractivity contribution is 0.566. The first kappa shape index (κ1) is 38.9. The maximum absolute atomic E-state index is 5.38. The molecular formula is C54H58N2. The predicted octanol–water partition coefficient (Wildman–Crippen LogP) is 15.1. The van der Waals surface area contributed by atoms with Crippen LogP contribution in [-0.2, 0) is 16.2 Å². The Morgan fingerprint density at radius 3 is 1.54 bits per heavy atom. The first-order valence-electron chi connectivity index (χ1n) is 20.3. The summed E-state index contributed by atoms with van der Waals surface area (Å²) >= 11 is 0. The molecule has 2 heteroatoms. The van der Waals surface area contributed by atoms with Gasteiger partial charge in [-0.05, 0) is 104 Å². The predicted molar refractivity (Wildman–Crippen MR) is 241 cm³/mol. The van der Waals surface area contributed by atoms with Crippen molar-refractivity contribution in [2.75, 3.05) is 0 Å². The van der Waals surface area contributed by atoms with Gasteiger partial charge in [0.05, 0.1) is 11.4 Å². The van der Waals surface area contributed by atoms with Gasteiger partial charge < -0.3 is 0 Å². The van der Waals surface area contributed by atoms with E-state index in [1.54, 1.807) is 0 Å². The lowest BCUT2D eigenvalue weighted by Gasteiger charge is -2.30. The summed E-state index contributed by atoms with van der Waals surface area (Å²) in [4.78, 5) is 10.8. The minimum atomic E-state index is -0.0274. The van der Waals surface area contributed by atoms with Crippen molar-refractivity contribution < 1.29 is 0 Å². The Balaban J connectivity index is 1.41. The fourth-order valence-electron chi connectivity index (χ4n) is 8.00. The van der Waals surface area contributed by atoms with Crippen molar-refractivity contribution in [2.45, 2.75) is 105 Å². The SMILES string of the molecule is Cc1c(-c2ccc(-c3nc(C4=CCCC=C4)c(-c4ccccc4)c(-c4ccccc4)n3)cc2)cc(C(C)(C)C)cc1-c1cc(C(C)(C)C)cc(C(C)(C)C)c1C. The van der Waals surface area contributed by atoms with Crippen LogP contribution in [0.25, 0.3) is 61.6 Å². The highest BCUT2D eigenvalue weighted by atomic mass is 14.9. The number of rotatable bonds is 6. The molecule has 0 amide bonds. The highest BCUT2D eigenvalue weighted by molar-refractivity contribution is 5.92. The topological polar surface area (TPSA) is 25.8 Å². The molecule has 0 bridgehead atoms. The average Bonchev–Trinajstić information content (AvgIpc) is 3.17. The molecule has 0 radical (unpaired) electrons. The Kier molecular flexibility index (Phi) is 10.4. The minimum absolute atomic E-state index is 0.0274. The molecule has 56 heavy (non-hydrogen) atoms. The third kappa shape index (κ3) is 7.85. The smallest absolute Gasteiger partial charge is 0.160 e. The quantitative estimate of drug-likeness (QED) is 0.170. The van der Waals surface area contributed by atoms with Crippen molar-refractivity contribution in [2.24, 2.45) is 0 Å². The first-order valence-corrected chi connectivity index (χ1v) is 20.3. The molecule has 0 saturated carbocycles. The van der Waals surface area contributed by atoms with Crippen molar-refractivity contribution in [3.8, 4) is 56.0 Å². The number of benzene rings is 5. The first-order chi connectivity index (χ1) is 26.5. The van der Waals surface area contributed by atoms with Gasteiger partial charge in [0, 0.05) is 16.7 Å². The van der Waals surface area contributed by atoms with Gasteiger partial charge in [-0.2, -0.15) is 0 Å². The van der Waals surface area contributed by atoms with Crippen LogP contribution >= 0.6 is 0 Å². The zero-order chi connectivity index (χ0) is 40.0. The van der Waals surface area contributed by atoms with Crippen LogP contribution in [0.5, 0.6) is 0 Å². The number of allylic oxidation sites excluding steroid dienone is 4. The molecule has 2 nitrogen and oxygen atoms in total. The van der Waals surface area contributed by atoms with E-state index in [1.807, 2.05) is 0 Å². The van der Waals surface area contributed by atoms with Gasteiger partial charge in [0.1, 0.15) is 0 Å². The molecule has 0 spiro atoms. The van der Waals surface area contributed by atoms with Crippen molar-refractivity contribution in [3.63, 3.8) is 0 Å². The summed E-state index contributed by atoms with van der Waals surface area (Å²) in [5.74, 6) is 0.732. The molecular weight excluding hydrogens is 677 g/mol. The molecule has 5 aromatic carbocycles. The van der Waals surface area contributed by atoms with Gasteiger partial charge in [-0.1, -0.05) is 190 Å². The Bertz CT molecular complexity index is 2440. The van der Waals surface area contributed by atoms with Gasteiger partial charge in [-0.3, -0.25) is 0 Å². The zero-order valence-electron chi connectivity index (χ0n) is 35.4. The molecule has 0 N–H and O–H groups in total. The van der Waals surface area contributed by atoms with E-state index in [0.717, 1.165) is 57.9 Å². The number of aromatic nitrogens is 2. The molecule has 1 aliphatic carbocycles. The standard InChI is InChI=1S/C54H58N2/c1-35-44(31-42(52(3,4)5)32-45(35)46-33-43(53(6,7)8)34-47(36(46)2)54(9,10)11)37-27-29-41(30-28-37)51-55-49(39-23-17-13-18-24-39)48(38-21-15-12-16-22-38)50(56-51)40-25-19-14-20-26-40/h12-13,15-19,21-34H,14,20H2,1-11H3. The van der Waals surface area contributed by atoms with E-state index in [0.29, 0.717) is 0 Å². The second-order valence-corrected chi connectivity index (χ2v) is 18.7. The van der Waals surface area contributed by atoms with Gasteiger partial charge in [-0.25, -0.2) is 9.97 Å². The summed E-state index contributed by atoms with van der Waals surface area (Å²) in [5.41, 5.74) is 19.3. The lowest BCUT2D eigenvalue weighted by Crippen LogP contribution is -2.18. The summed E-state index contributed by atoms with van der Waals surface area (Å²) in [5, 5.41) is 0. The van der Waals surface area contributed by atoms with Gasteiger partial charge in [-0.15, -0.1) is 0 Å². The van der Waals surface area contributed by atoms with Crippen molar-refractivity contribution in [3.05, 3.63) is 161 Å². The fourth-order valence-corrected chi connectivity index (χ4v) is 8.00. The van der Waals surface area contributed by atoms with Gasteiger partial charge in [0.2, 0.25) is 0 Å². The molecule has 284 valence electrons. The molecule has 0 fully saturated rings. The van der Waals surface area contributed by atoms with Crippen LogP contribution < -0.4 is 0 Å². The van der Waals surface area contributed by atoms with Gasteiger partial charge in [0.25, 0.3) is 0 Å². The largest absolute Gasteiger partial charge is 0.227 e. The summed E-state index contributed by atoms with van der Waals surface area (Å²) in [6.07, 6.45) is 8.86. The summed E-state index contributed by atoms with van der Waals surface area (Å²) in [6, 6.07) is 39.9. The summed E-state index contributed by atoms with van der Waals surface area (Å²) in [6.45, 7) is 25.6. The number of nitrogens with zero attached hydrogens (tertiary/aromatic N) is 2. The number of hydrogen-bond acceptors (Lipinski definition) is 2. The maximum atomic E-state index is 5.38. The normalized spacial score (nSPS) is 13.5. The van der Waals surface area contributed by atoms with E-state index in [2.05, 4.69) is 204 Å². The van der Waals surface area contributed by atoms with Crippen LogP contribution in [0, 0.1) is 13.8 Å². The van der Waals surface area contributed by atoms with E-state index in [4.69, 9.17) is 9.97 Å². The molecule has 1 aliphatic rings. The van der Waals surface area contributed by atoms with E-state index in [1.165, 1.54) is 50.1 Å². The van der Waals surface area contributed by atoms with Crippen molar-refractivity contribution in [1.29, 1.82) is 0 Å². The van der Waals surface area contributed by atoms with E-state index in [-0.39, 0.29) is 16.2 Å². The lowest BCUT2D eigenvalue weighted by atomic mass is 9.74. The summed E-state index contributed by atoms with van der Waals surface area (Å²) < 4.78 is 0. The summed E-state index contributed by atoms with van der Waals surface area (Å²) in [7, 11) is 0. The molecule has 0 atom stereocenters. The van der Waals surface area contributed by atoms with Gasteiger partial charge in [0.15, 0.2) is 5.82 Å². The highest BCUT2D eigenvalue weighted by Crippen LogP contribution is 2.44. The Morgan fingerprint density at radius 1 is 0.464 bits per heavy atom. The van der Waals surface area contributed by atoms with Crippen LogP contribution in [0.4, 0.5) is 0 Å². The van der Waals surface area contributed by atoms with E-state index < -0.39 is 0 Å². The average molecular weight is 735 g/mol. The maximum Gasteiger partial charge on any atom is 0.160 e. The molecule has 7 rings (SSSR count). The Hall–Kier alpha value is -5.34. The van der Waals surface area contributed by atoms with E-state index in [9.17, 15) is 0 Å². The van der Waals surface area contributed by atoms with Crippen molar-refractivity contribution >= 4 is 5.57 Å². The number of hydrogen-bond donors (Lipinski definition) is 0. The van der Waals surface area contributed by atoms with Crippen molar-refractivity contribution in [1.82, 2.24) is 9.97 Å². The fraction of sp³-hybridized carbons (Fsp3) is 0.296. The molecule has 6 aromatic rings. The molecule has 1 aromatic heterocycles. The minimum Gasteiger partial charge on any atom is -0.227 e. The molecule has 1 heterocycles. The van der Waals surface area contributed by atoms with Crippen LogP contribution in [0.3, 0.4) is 0 Å². The van der Waals surface area contributed by atoms with E-state index >= 15 is 0 Å². The van der Waals surface area contributed by atoms with Crippen LogP contribution in [0.1, 0.15) is 109 Å². The second kappa shape index (κ2) is 15.0. The second-order valence-electron chi connectivity index (χ2n) is 18.7. The van der Waals surface area contributed by atoms with Crippen LogP contribution in [-0.4, -0.2) is 9.97 Å². The molecule has 0 saturated heterocycles. The zero-order valence-corrected chi connectivity index (χ0v) is 35.4. The Labute approximate surface area is 336 Å². The molecule has 0 aliphatic heterocycles. The monoisotopic (exact) mass is 734 g/mol. The van der Waals surface area contributed by atoms with Gasteiger partial charge >= 0.3 is 0 Å².